The summed E-state index contributed by atoms with van der Waals surface area (Å²) in [6.45, 7) is 2.92. The first kappa shape index (κ1) is 27.9. The molecule has 0 amide bonds. The van der Waals surface area contributed by atoms with Crippen LogP contribution in [-0.2, 0) is 14.4 Å². The fraction of sp³-hybridized carbons (Fsp3) is 0.188. The van der Waals surface area contributed by atoms with Crippen LogP contribution in [0.4, 0.5) is 0 Å². The number of carboxylic acid groups (broad SMARTS) is 3. The van der Waals surface area contributed by atoms with E-state index in [4.69, 9.17) is 29.7 Å². The van der Waals surface area contributed by atoms with Crippen LogP contribution in [0.3, 0.4) is 0 Å². The molecule has 0 N–H and O–H groups in total. The van der Waals surface area contributed by atoms with Gasteiger partial charge in [0.25, 0.3) is 0 Å². The molecule has 0 fully saturated rings. The third-order valence-corrected chi connectivity index (χ3v) is 1.59. The molecule has 1 radical (unpaired) electrons. The van der Waals surface area contributed by atoms with E-state index in [1.807, 2.05) is 36.4 Å². The van der Waals surface area contributed by atoms with Crippen molar-refractivity contribution in [3.8, 4) is 11.4 Å². The van der Waals surface area contributed by atoms with Gasteiger partial charge in [0.05, 0.1) is 11.4 Å². The molecule has 2 rings (SSSR count). The van der Waals surface area contributed by atoms with Gasteiger partial charge < -0.3 is 29.7 Å². The molecule has 0 atom stereocenters. The van der Waals surface area contributed by atoms with Gasteiger partial charge in [0.2, 0.25) is 0 Å². The van der Waals surface area contributed by atoms with E-state index in [-0.39, 0.29) is 41.7 Å². The Morgan fingerprint density at radius 1 is 0.680 bits per heavy atom. The van der Waals surface area contributed by atoms with E-state index >= 15 is 0 Å². The van der Waals surface area contributed by atoms with Crippen LogP contribution in [0, 0.1) is 41.7 Å². The van der Waals surface area contributed by atoms with Gasteiger partial charge in [0.1, 0.15) is 0 Å². The zero-order valence-electron chi connectivity index (χ0n) is 14.0. The average molecular weight is 473 g/mol. The Hall–Kier alpha value is -1.91. The minimum Gasteiger partial charge on any atom is -0.550 e. The van der Waals surface area contributed by atoms with Gasteiger partial charge in [-0.1, -0.05) is 12.1 Å². The number of carbonyl (C=O) groups is 3. The van der Waals surface area contributed by atoms with Crippen molar-refractivity contribution in [3.05, 3.63) is 48.8 Å². The van der Waals surface area contributed by atoms with Gasteiger partial charge in [-0.2, -0.15) is 0 Å². The number of aliphatic carboxylic acids is 3. The fourth-order valence-electron chi connectivity index (χ4n) is 1.03. The summed E-state index contributed by atoms with van der Waals surface area (Å²) in [4.78, 5) is 35.0. The van der Waals surface area contributed by atoms with Crippen molar-refractivity contribution in [1.82, 2.24) is 9.97 Å². The topological polar surface area (TPSA) is 146 Å². The minimum atomic E-state index is -1.08. The molecule has 0 aromatic carbocycles. The third-order valence-electron chi connectivity index (χ3n) is 1.59. The number of rotatable bonds is 1. The Morgan fingerprint density at radius 2 is 0.920 bits per heavy atom. The normalized spacial score (nSPS) is 7.64. The van der Waals surface area contributed by atoms with Crippen LogP contribution in [0.2, 0.25) is 0 Å². The Kier molecular flexibility index (Phi) is 20.6. The molecular formula is C16H17CeN2O6. The first-order valence-electron chi connectivity index (χ1n) is 6.52. The summed E-state index contributed by atoms with van der Waals surface area (Å²) < 4.78 is 0. The zero-order valence-corrected chi connectivity index (χ0v) is 17.1. The third kappa shape index (κ3) is 27.2. The Balaban J connectivity index is -0.000000314. The molecule has 0 spiro atoms. The summed E-state index contributed by atoms with van der Waals surface area (Å²) in [5.41, 5.74) is 1.83. The van der Waals surface area contributed by atoms with E-state index in [1.165, 1.54) is 0 Å². The number of hydrogen-bond donors (Lipinski definition) is 0. The van der Waals surface area contributed by atoms with Crippen molar-refractivity contribution in [1.29, 1.82) is 0 Å². The van der Waals surface area contributed by atoms with Crippen LogP contribution in [-0.4, -0.2) is 27.9 Å². The number of hydrogen-bond acceptors (Lipinski definition) is 8. The molecule has 2 heterocycles. The largest absolute Gasteiger partial charge is 3.00 e. The summed E-state index contributed by atoms with van der Waals surface area (Å²) in [5.74, 6) is -3.25. The Bertz CT molecular complexity index is 531. The molecule has 0 bridgehead atoms. The molecule has 0 saturated heterocycles. The van der Waals surface area contributed by atoms with Crippen LogP contribution in [0.5, 0.6) is 0 Å². The van der Waals surface area contributed by atoms with E-state index in [2.05, 4.69) is 9.97 Å². The molecule has 0 aliphatic heterocycles. The molecule has 131 valence electrons. The maximum Gasteiger partial charge on any atom is 3.00 e. The molecule has 8 nitrogen and oxygen atoms in total. The number of carbonyl (C=O) groups excluding carboxylic acids is 3. The molecule has 0 unspecified atom stereocenters. The van der Waals surface area contributed by atoms with E-state index in [0.29, 0.717) is 0 Å². The van der Waals surface area contributed by atoms with Crippen molar-refractivity contribution in [2.24, 2.45) is 0 Å². The number of aromatic nitrogens is 2. The van der Waals surface area contributed by atoms with E-state index in [9.17, 15) is 0 Å². The smallest absolute Gasteiger partial charge is 0.550 e. The number of nitrogens with zero attached hydrogens (tertiary/aromatic N) is 2. The second-order valence-electron chi connectivity index (χ2n) is 3.90. The quantitative estimate of drug-likeness (QED) is 0.482. The predicted molar refractivity (Wildman–Crippen MR) is 79.5 cm³/mol. The maximum absolute atomic E-state index is 8.89. The minimum absolute atomic E-state index is 0. The van der Waals surface area contributed by atoms with Gasteiger partial charge in [-0.3, -0.25) is 9.97 Å². The molecule has 2 aromatic heterocycles. The summed E-state index contributed by atoms with van der Waals surface area (Å²) in [6.07, 6.45) is 3.54. The van der Waals surface area contributed by atoms with E-state index in [1.54, 1.807) is 12.4 Å². The number of pyridine rings is 2. The zero-order chi connectivity index (χ0) is 19.0. The van der Waals surface area contributed by atoms with E-state index < -0.39 is 17.9 Å². The molecule has 0 saturated carbocycles. The van der Waals surface area contributed by atoms with Crippen LogP contribution in [0.1, 0.15) is 20.8 Å². The molecule has 25 heavy (non-hydrogen) atoms. The van der Waals surface area contributed by atoms with Gasteiger partial charge in [-0.05, 0) is 45.0 Å². The van der Waals surface area contributed by atoms with Gasteiger partial charge in [0, 0.05) is 30.3 Å². The molecule has 0 aliphatic rings. The first-order valence-corrected chi connectivity index (χ1v) is 6.52. The summed E-state index contributed by atoms with van der Waals surface area (Å²) >= 11 is 0. The van der Waals surface area contributed by atoms with Crippen molar-refractivity contribution in [2.45, 2.75) is 20.8 Å². The van der Waals surface area contributed by atoms with Crippen molar-refractivity contribution in [2.75, 3.05) is 0 Å². The fourth-order valence-corrected chi connectivity index (χ4v) is 1.03. The maximum atomic E-state index is 8.89. The van der Waals surface area contributed by atoms with Crippen molar-refractivity contribution in [3.63, 3.8) is 0 Å². The monoisotopic (exact) mass is 473 g/mol. The van der Waals surface area contributed by atoms with Gasteiger partial charge >= 0.3 is 41.7 Å². The van der Waals surface area contributed by atoms with E-state index in [0.717, 1.165) is 32.2 Å². The number of carboxylic acids is 3. The summed E-state index contributed by atoms with van der Waals surface area (Å²) in [7, 11) is 0. The Labute approximate surface area is 179 Å². The summed E-state index contributed by atoms with van der Waals surface area (Å²) in [6, 6.07) is 11.6. The average Bonchev–Trinajstić information content (AvgIpc) is 2.47. The SMILES string of the molecule is CC(=O)[O-].CC(=O)[O-].CC(=O)[O-].[Ce+3].c1ccc(-c2ccccn2)nc1. The second kappa shape index (κ2) is 18.4. The predicted octanol–water partition coefficient (Wildman–Crippen LogP) is -1.59. The van der Waals surface area contributed by atoms with Gasteiger partial charge in [-0.15, -0.1) is 0 Å². The second-order valence-corrected chi connectivity index (χ2v) is 3.90. The Morgan fingerprint density at radius 3 is 1.08 bits per heavy atom. The van der Waals surface area contributed by atoms with Crippen LogP contribution in [0.15, 0.2) is 48.8 Å². The van der Waals surface area contributed by atoms with Crippen LogP contribution in [0.25, 0.3) is 11.4 Å². The van der Waals surface area contributed by atoms with Gasteiger partial charge in [-0.25, -0.2) is 0 Å². The standard InChI is InChI=1S/C10H8N2.3C2H4O2.Ce/c1-3-7-11-9(5-1)10-6-2-4-8-12-10;3*1-2(3)4;/h1-8H;3*1H3,(H,3,4);/q;;;;+3/p-3. The first-order chi connectivity index (χ1) is 11.2. The molecule has 0 aliphatic carbocycles. The summed E-state index contributed by atoms with van der Waals surface area (Å²) in [5, 5.41) is 26.7. The van der Waals surface area contributed by atoms with Crippen molar-refractivity contribution >= 4 is 17.9 Å². The van der Waals surface area contributed by atoms with Crippen LogP contribution >= 0.6 is 0 Å². The van der Waals surface area contributed by atoms with Crippen molar-refractivity contribution < 1.29 is 71.5 Å². The molecule has 2 aromatic rings. The van der Waals surface area contributed by atoms with Crippen LogP contribution < -0.4 is 15.3 Å². The van der Waals surface area contributed by atoms with Gasteiger partial charge in [0.15, 0.2) is 0 Å². The molecular weight excluding hydrogens is 456 g/mol. The molecule has 9 heteroatoms.